The monoisotopic (exact) mass is 418 g/mol. The topological polar surface area (TPSA) is 91.3 Å². The van der Waals surface area contributed by atoms with E-state index in [-0.39, 0.29) is 6.10 Å². The van der Waals surface area contributed by atoms with Gasteiger partial charge in [-0.15, -0.1) is 5.10 Å². The summed E-state index contributed by atoms with van der Waals surface area (Å²) in [4.78, 5) is 6.56. The van der Waals surface area contributed by atoms with Gasteiger partial charge in [-0.3, -0.25) is 0 Å². The fourth-order valence-electron chi connectivity index (χ4n) is 3.54. The van der Waals surface area contributed by atoms with Gasteiger partial charge in [-0.05, 0) is 42.0 Å². The summed E-state index contributed by atoms with van der Waals surface area (Å²) >= 11 is 0. The lowest BCUT2D eigenvalue weighted by Crippen LogP contribution is -2.22. The molecule has 0 saturated carbocycles. The van der Waals surface area contributed by atoms with Gasteiger partial charge in [-0.2, -0.15) is 4.98 Å². The minimum absolute atomic E-state index is 0.107. The molecule has 0 bridgehead atoms. The van der Waals surface area contributed by atoms with Crippen LogP contribution in [0.2, 0.25) is 0 Å². The van der Waals surface area contributed by atoms with E-state index in [1.165, 1.54) is 0 Å². The summed E-state index contributed by atoms with van der Waals surface area (Å²) in [6, 6.07) is 15.8. The number of ether oxygens (including phenoxy) is 2. The van der Waals surface area contributed by atoms with E-state index in [9.17, 15) is 0 Å². The highest BCUT2D eigenvalue weighted by Gasteiger charge is 2.27. The van der Waals surface area contributed by atoms with Crippen molar-refractivity contribution in [2.24, 2.45) is 0 Å². The summed E-state index contributed by atoms with van der Waals surface area (Å²) < 4.78 is 18.6. The Kier molecular flexibility index (Phi) is 4.87. The third kappa shape index (κ3) is 3.64. The molecule has 0 spiro atoms. The summed E-state index contributed by atoms with van der Waals surface area (Å²) in [5.41, 5.74) is 4.42. The Morgan fingerprint density at radius 3 is 2.55 bits per heavy atom. The molecule has 0 aliphatic carbocycles. The maximum atomic E-state index is 6.08. The average molecular weight is 418 g/mol. The molecular weight excluding hydrogens is 396 g/mol. The number of benzene rings is 2. The summed E-state index contributed by atoms with van der Waals surface area (Å²) in [6.07, 6.45) is -0.107. The van der Waals surface area contributed by atoms with Crippen molar-refractivity contribution in [2.75, 3.05) is 26.1 Å². The zero-order valence-electron chi connectivity index (χ0n) is 17.5. The Balaban J connectivity index is 1.36. The molecule has 0 saturated heterocycles. The van der Waals surface area contributed by atoms with E-state index in [0.717, 1.165) is 28.3 Å². The highest BCUT2D eigenvalue weighted by molar-refractivity contribution is 5.61. The normalized spacial score (nSPS) is 15.5. The third-order valence-corrected chi connectivity index (χ3v) is 5.35. The van der Waals surface area contributed by atoms with Gasteiger partial charge < -0.3 is 18.9 Å². The Morgan fingerprint density at radius 1 is 1.06 bits per heavy atom. The largest absolute Gasteiger partial charge is 0.497 e. The Morgan fingerprint density at radius 2 is 1.84 bits per heavy atom. The number of nitrogens with zero attached hydrogens (tertiary/aromatic N) is 6. The van der Waals surface area contributed by atoms with Gasteiger partial charge in [-0.25, -0.2) is 4.68 Å². The van der Waals surface area contributed by atoms with Gasteiger partial charge in [0.2, 0.25) is 5.82 Å². The van der Waals surface area contributed by atoms with Crippen LogP contribution in [-0.4, -0.2) is 46.3 Å². The second kappa shape index (κ2) is 7.84. The number of hydrogen-bond donors (Lipinski definition) is 0. The first-order valence-corrected chi connectivity index (χ1v) is 9.92. The van der Waals surface area contributed by atoms with E-state index in [1.807, 2.05) is 72.2 Å². The fourth-order valence-corrected chi connectivity index (χ4v) is 3.54. The van der Waals surface area contributed by atoms with Crippen LogP contribution in [0.3, 0.4) is 0 Å². The van der Waals surface area contributed by atoms with Crippen molar-refractivity contribution in [3.63, 3.8) is 0 Å². The van der Waals surface area contributed by atoms with Gasteiger partial charge in [0, 0.05) is 25.3 Å². The lowest BCUT2D eigenvalue weighted by molar-refractivity contribution is -0.00114. The molecule has 2 aromatic heterocycles. The van der Waals surface area contributed by atoms with E-state index < -0.39 is 0 Å². The van der Waals surface area contributed by atoms with Crippen molar-refractivity contribution in [3.05, 3.63) is 59.8 Å². The molecule has 5 rings (SSSR count). The minimum atomic E-state index is -0.107. The molecule has 1 atom stereocenters. The SMILES string of the molecule is COc1ccc(C2Cn3nnc(-c4noc(-c5ccc(N(C)C)cc5)n4)c3CO2)cc1. The second-order valence-corrected chi connectivity index (χ2v) is 7.50. The number of anilines is 1. The predicted molar refractivity (Wildman–Crippen MR) is 114 cm³/mol. The molecule has 0 fully saturated rings. The van der Waals surface area contributed by atoms with Gasteiger partial charge in [-0.1, -0.05) is 22.5 Å². The van der Waals surface area contributed by atoms with Gasteiger partial charge in [0.25, 0.3) is 5.89 Å². The van der Waals surface area contributed by atoms with Crippen LogP contribution in [0.5, 0.6) is 5.75 Å². The predicted octanol–water partition coefficient (Wildman–Crippen LogP) is 3.34. The molecular formula is C22H22N6O3. The highest BCUT2D eigenvalue weighted by atomic mass is 16.5. The molecule has 4 aromatic rings. The molecule has 31 heavy (non-hydrogen) atoms. The van der Waals surface area contributed by atoms with Gasteiger partial charge in [0.05, 0.1) is 26.0 Å². The first-order valence-electron chi connectivity index (χ1n) is 9.92. The lowest BCUT2D eigenvalue weighted by atomic mass is 10.1. The van der Waals surface area contributed by atoms with Crippen molar-refractivity contribution >= 4 is 5.69 Å². The molecule has 1 aliphatic rings. The van der Waals surface area contributed by atoms with Crippen LogP contribution in [0.25, 0.3) is 23.0 Å². The molecule has 1 aliphatic heterocycles. The smallest absolute Gasteiger partial charge is 0.258 e. The average Bonchev–Trinajstić information content (AvgIpc) is 3.46. The number of methoxy groups -OCH3 is 1. The first-order chi connectivity index (χ1) is 15.1. The van der Waals surface area contributed by atoms with Crippen molar-refractivity contribution in [2.45, 2.75) is 19.3 Å². The van der Waals surface area contributed by atoms with Crippen LogP contribution in [0, 0.1) is 0 Å². The molecule has 9 heteroatoms. The standard InChI is InChI=1S/C22H22N6O3/c1-27(2)16-8-4-15(5-9-16)22-23-21(25-31-22)20-18-13-30-19(12-28(18)26-24-20)14-6-10-17(29-3)11-7-14/h4-11,19H,12-13H2,1-3H3. The molecule has 0 N–H and O–H groups in total. The zero-order chi connectivity index (χ0) is 21.4. The van der Waals surface area contributed by atoms with Gasteiger partial charge in [0.1, 0.15) is 11.9 Å². The van der Waals surface area contributed by atoms with Crippen LogP contribution >= 0.6 is 0 Å². The second-order valence-electron chi connectivity index (χ2n) is 7.50. The fraction of sp³-hybridized carbons (Fsp3) is 0.273. The van der Waals surface area contributed by atoms with E-state index >= 15 is 0 Å². The molecule has 158 valence electrons. The van der Waals surface area contributed by atoms with E-state index in [4.69, 9.17) is 14.0 Å². The van der Waals surface area contributed by atoms with Crippen LogP contribution < -0.4 is 9.64 Å². The Hall–Kier alpha value is -3.72. The van der Waals surface area contributed by atoms with Crippen LogP contribution in [0.4, 0.5) is 5.69 Å². The molecule has 3 heterocycles. The maximum absolute atomic E-state index is 6.08. The van der Waals surface area contributed by atoms with Gasteiger partial charge >= 0.3 is 0 Å². The van der Waals surface area contributed by atoms with Crippen LogP contribution in [0.1, 0.15) is 17.4 Å². The Labute approximate surface area is 179 Å². The maximum Gasteiger partial charge on any atom is 0.258 e. The van der Waals surface area contributed by atoms with E-state index in [0.29, 0.717) is 30.6 Å². The summed E-state index contributed by atoms with van der Waals surface area (Å²) in [7, 11) is 5.64. The van der Waals surface area contributed by atoms with E-state index in [2.05, 4.69) is 20.5 Å². The molecule has 0 amide bonds. The summed E-state index contributed by atoms with van der Waals surface area (Å²) in [5.74, 6) is 1.65. The molecule has 1 unspecified atom stereocenters. The van der Waals surface area contributed by atoms with E-state index in [1.54, 1.807) is 7.11 Å². The van der Waals surface area contributed by atoms with Crippen LogP contribution in [0.15, 0.2) is 53.1 Å². The highest BCUT2D eigenvalue weighted by Crippen LogP contribution is 2.31. The Bertz CT molecular complexity index is 1180. The number of fused-ring (bicyclic) bond motifs is 1. The summed E-state index contributed by atoms with van der Waals surface area (Å²) in [6.45, 7) is 0.922. The van der Waals surface area contributed by atoms with Crippen molar-refractivity contribution in [1.82, 2.24) is 25.1 Å². The van der Waals surface area contributed by atoms with Gasteiger partial charge in [0.15, 0.2) is 5.69 Å². The number of aromatic nitrogens is 5. The van der Waals surface area contributed by atoms with Crippen molar-refractivity contribution in [1.29, 1.82) is 0 Å². The third-order valence-electron chi connectivity index (χ3n) is 5.35. The quantitative estimate of drug-likeness (QED) is 0.487. The molecule has 2 aromatic carbocycles. The zero-order valence-corrected chi connectivity index (χ0v) is 17.5. The van der Waals surface area contributed by atoms with Crippen molar-refractivity contribution in [3.8, 4) is 28.7 Å². The lowest BCUT2D eigenvalue weighted by Gasteiger charge is -2.24. The molecule has 9 nitrogen and oxygen atoms in total. The summed E-state index contributed by atoms with van der Waals surface area (Å²) in [5, 5.41) is 12.7. The number of hydrogen-bond acceptors (Lipinski definition) is 8. The minimum Gasteiger partial charge on any atom is -0.497 e. The molecule has 0 radical (unpaired) electrons. The van der Waals surface area contributed by atoms with Crippen molar-refractivity contribution < 1.29 is 14.0 Å². The number of rotatable bonds is 5. The van der Waals surface area contributed by atoms with Crippen LogP contribution in [-0.2, 0) is 17.9 Å². The first kappa shape index (κ1) is 19.3.